The first kappa shape index (κ1) is 11.3. The molecule has 0 saturated heterocycles. The van der Waals surface area contributed by atoms with Crippen LogP contribution in [0.3, 0.4) is 0 Å². The molecule has 0 aliphatic carbocycles. The molecule has 2 nitrogen and oxygen atoms in total. The number of benzene rings is 1. The minimum atomic E-state index is 0.477. The number of ether oxygens (including phenoxy) is 1. The van der Waals surface area contributed by atoms with Gasteiger partial charge in [-0.05, 0) is 30.7 Å². The van der Waals surface area contributed by atoms with Crippen molar-refractivity contribution >= 4 is 15.9 Å². The standard InChI is InChI=1S/C11H14BrNO/c1-8(2)7-14-11-4-3-10(12)5-9(11)6-13/h3-5H,1,6-7,13H2,2H3. The summed E-state index contributed by atoms with van der Waals surface area (Å²) in [5.74, 6) is 0.832. The Labute approximate surface area is 92.9 Å². The van der Waals surface area contributed by atoms with Crippen molar-refractivity contribution in [3.63, 3.8) is 0 Å². The van der Waals surface area contributed by atoms with Crippen LogP contribution in [-0.4, -0.2) is 6.61 Å². The Morgan fingerprint density at radius 2 is 2.29 bits per heavy atom. The molecular weight excluding hydrogens is 242 g/mol. The van der Waals surface area contributed by atoms with E-state index in [-0.39, 0.29) is 0 Å². The van der Waals surface area contributed by atoms with Crippen molar-refractivity contribution in [1.82, 2.24) is 0 Å². The van der Waals surface area contributed by atoms with E-state index in [1.54, 1.807) is 0 Å². The second-order valence-corrected chi connectivity index (χ2v) is 4.12. The fourth-order valence-electron chi connectivity index (χ4n) is 1.05. The van der Waals surface area contributed by atoms with Gasteiger partial charge in [0, 0.05) is 16.6 Å². The molecule has 0 heterocycles. The lowest BCUT2D eigenvalue weighted by Gasteiger charge is -2.10. The van der Waals surface area contributed by atoms with E-state index in [0.717, 1.165) is 21.4 Å². The van der Waals surface area contributed by atoms with Gasteiger partial charge in [-0.25, -0.2) is 0 Å². The van der Waals surface area contributed by atoms with Crippen molar-refractivity contribution in [2.24, 2.45) is 5.73 Å². The van der Waals surface area contributed by atoms with Gasteiger partial charge in [-0.15, -0.1) is 0 Å². The molecule has 76 valence electrons. The molecule has 0 atom stereocenters. The van der Waals surface area contributed by atoms with Gasteiger partial charge in [-0.3, -0.25) is 0 Å². The van der Waals surface area contributed by atoms with Gasteiger partial charge in [-0.2, -0.15) is 0 Å². The lowest BCUT2D eigenvalue weighted by Crippen LogP contribution is -2.04. The van der Waals surface area contributed by atoms with Gasteiger partial charge in [0.25, 0.3) is 0 Å². The number of hydrogen-bond donors (Lipinski definition) is 1. The van der Waals surface area contributed by atoms with Crippen molar-refractivity contribution in [2.75, 3.05) is 6.61 Å². The molecule has 14 heavy (non-hydrogen) atoms. The Hall–Kier alpha value is -0.800. The van der Waals surface area contributed by atoms with Gasteiger partial charge in [0.05, 0.1) is 0 Å². The van der Waals surface area contributed by atoms with E-state index in [1.165, 1.54) is 0 Å². The van der Waals surface area contributed by atoms with Gasteiger partial charge >= 0.3 is 0 Å². The van der Waals surface area contributed by atoms with Gasteiger partial charge in [0.15, 0.2) is 0 Å². The summed E-state index contributed by atoms with van der Waals surface area (Å²) in [5, 5.41) is 0. The molecule has 0 fully saturated rings. The Bertz CT molecular complexity index is 336. The SMILES string of the molecule is C=C(C)COc1ccc(Br)cc1CN. The van der Waals surface area contributed by atoms with Crippen LogP contribution >= 0.6 is 15.9 Å². The van der Waals surface area contributed by atoms with Crippen molar-refractivity contribution in [3.05, 3.63) is 40.4 Å². The third kappa shape index (κ3) is 3.16. The van der Waals surface area contributed by atoms with Crippen LogP contribution in [0.15, 0.2) is 34.8 Å². The van der Waals surface area contributed by atoms with Crippen LogP contribution in [0.1, 0.15) is 12.5 Å². The van der Waals surface area contributed by atoms with Crippen LogP contribution in [0.5, 0.6) is 5.75 Å². The molecule has 0 spiro atoms. The second kappa shape index (κ2) is 5.17. The van der Waals surface area contributed by atoms with Crippen LogP contribution in [0.2, 0.25) is 0 Å². The van der Waals surface area contributed by atoms with Gasteiger partial charge < -0.3 is 10.5 Å². The van der Waals surface area contributed by atoms with Crippen LogP contribution in [0.4, 0.5) is 0 Å². The van der Waals surface area contributed by atoms with Crippen LogP contribution in [0, 0.1) is 0 Å². The molecule has 0 amide bonds. The highest BCUT2D eigenvalue weighted by Gasteiger charge is 2.02. The highest BCUT2D eigenvalue weighted by molar-refractivity contribution is 9.10. The van der Waals surface area contributed by atoms with Gasteiger partial charge in [-0.1, -0.05) is 22.5 Å². The molecule has 2 N–H and O–H groups in total. The summed E-state index contributed by atoms with van der Waals surface area (Å²) >= 11 is 3.39. The lowest BCUT2D eigenvalue weighted by molar-refractivity contribution is 0.349. The summed E-state index contributed by atoms with van der Waals surface area (Å²) in [6.45, 7) is 6.72. The fraction of sp³-hybridized carbons (Fsp3) is 0.273. The van der Waals surface area contributed by atoms with E-state index in [2.05, 4.69) is 22.5 Å². The zero-order chi connectivity index (χ0) is 10.6. The van der Waals surface area contributed by atoms with E-state index in [0.29, 0.717) is 13.2 Å². The summed E-state index contributed by atoms with van der Waals surface area (Å²) in [6.07, 6.45) is 0. The number of rotatable bonds is 4. The molecule has 3 heteroatoms. The highest BCUT2D eigenvalue weighted by Crippen LogP contribution is 2.23. The van der Waals surface area contributed by atoms with E-state index >= 15 is 0 Å². The van der Waals surface area contributed by atoms with Crippen LogP contribution in [-0.2, 0) is 6.54 Å². The average molecular weight is 256 g/mol. The fourth-order valence-corrected chi connectivity index (χ4v) is 1.46. The average Bonchev–Trinajstić information content (AvgIpc) is 2.15. The Morgan fingerprint density at radius 1 is 1.57 bits per heavy atom. The maximum absolute atomic E-state index is 5.60. The number of halogens is 1. The van der Waals surface area contributed by atoms with E-state index in [9.17, 15) is 0 Å². The molecule has 0 bridgehead atoms. The van der Waals surface area contributed by atoms with Crippen LogP contribution < -0.4 is 10.5 Å². The van der Waals surface area contributed by atoms with Gasteiger partial charge in [0.2, 0.25) is 0 Å². The zero-order valence-electron chi connectivity index (χ0n) is 8.22. The summed E-state index contributed by atoms with van der Waals surface area (Å²) in [6, 6.07) is 5.82. The highest BCUT2D eigenvalue weighted by atomic mass is 79.9. The first-order valence-electron chi connectivity index (χ1n) is 4.39. The lowest BCUT2D eigenvalue weighted by atomic mass is 10.2. The Morgan fingerprint density at radius 3 is 2.86 bits per heavy atom. The topological polar surface area (TPSA) is 35.2 Å². The molecule has 1 aromatic rings. The van der Waals surface area contributed by atoms with Crippen molar-refractivity contribution < 1.29 is 4.74 Å². The minimum absolute atomic E-state index is 0.477. The Balaban J connectivity index is 2.80. The van der Waals surface area contributed by atoms with Crippen LogP contribution in [0.25, 0.3) is 0 Å². The van der Waals surface area contributed by atoms with E-state index in [1.807, 2.05) is 25.1 Å². The first-order chi connectivity index (χ1) is 6.63. The maximum Gasteiger partial charge on any atom is 0.124 e. The quantitative estimate of drug-likeness (QED) is 0.840. The molecule has 1 aromatic carbocycles. The normalized spacial score (nSPS) is 9.93. The summed E-state index contributed by atoms with van der Waals surface area (Å²) < 4.78 is 6.56. The van der Waals surface area contributed by atoms with Gasteiger partial charge in [0.1, 0.15) is 12.4 Å². The van der Waals surface area contributed by atoms with Crippen molar-refractivity contribution in [1.29, 1.82) is 0 Å². The molecule has 0 saturated carbocycles. The molecule has 0 aliphatic heterocycles. The number of nitrogens with two attached hydrogens (primary N) is 1. The third-order valence-electron chi connectivity index (χ3n) is 1.72. The monoisotopic (exact) mass is 255 g/mol. The minimum Gasteiger partial charge on any atom is -0.489 e. The second-order valence-electron chi connectivity index (χ2n) is 3.20. The first-order valence-corrected chi connectivity index (χ1v) is 5.18. The number of hydrogen-bond acceptors (Lipinski definition) is 2. The summed E-state index contributed by atoms with van der Waals surface area (Å²) in [5.41, 5.74) is 7.60. The molecular formula is C11H14BrNO. The molecule has 0 aromatic heterocycles. The summed E-state index contributed by atoms with van der Waals surface area (Å²) in [4.78, 5) is 0. The predicted octanol–water partition coefficient (Wildman–Crippen LogP) is 2.86. The molecule has 0 radical (unpaired) electrons. The van der Waals surface area contributed by atoms with Crippen molar-refractivity contribution in [3.8, 4) is 5.75 Å². The molecule has 0 aliphatic rings. The van der Waals surface area contributed by atoms with Crippen molar-refractivity contribution in [2.45, 2.75) is 13.5 Å². The Kier molecular flexibility index (Phi) is 4.17. The van der Waals surface area contributed by atoms with E-state index < -0.39 is 0 Å². The molecule has 0 unspecified atom stereocenters. The summed E-state index contributed by atoms with van der Waals surface area (Å²) in [7, 11) is 0. The molecule has 1 rings (SSSR count). The largest absolute Gasteiger partial charge is 0.489 e. The third-order valence-corrected chi connectivity index (χ3v) is 2.21. The van der Waals surface area contributed by atoms with E-state index in [4.69, 9.17) is 10.5 Å². The maximum atomic E-state index is 5.60. The smallest absolute Gasteiger partial charge is 0.124 e. The predicted molar refractivity (Wildman–Crippen MR) is 62.3 cm³/mol. The zero-order valence-corrected chi connectivity index (χ0v) is 9.80.